The highest BCUT2D eigenvalue weighted by Crippen LogP contribution is 2.30. The summed E-state index contributed by atoms with van der Waals surface area (Å²) >= 11 is 3.58. The first-order valence-electron chi connectivity index (χ1n) is 11.5. The van der Waals surface area contributed by atoms with Crippen LogP contribution in [0.5, 0.6) is 11.5 Å². The van der Waals surface area contributed by atoms with Crippen LogP contribution < -0.4 is 9.47 Å². The van der Waals surface area contributed by atoms with E-state index in [4.69, 9.17) is 14.2 Å². The van der Waals surface area contributed by atoms with E-state index in [1.807, 2.05) is 6.07 Å². The van der Waals surface area contributed by atoms with Crippen molar-refractivity contribution in [3.05, 3.63) is 57.6 Å². The van der Waals surface area contributed by atoms with Crippen molar-refractivity contribution >= 4 is 21.7 Å². The second-order valence-electron chi connectivity index (χ2n) is 8.70. The molecular weight excluding hydrogens is 470 g/mol. The van der Waals surface area contributed by atoms with E-state index in [0.717, 1.165) is 54.0 Å². The fourth-order valence-corrected chi connectivity index (χ4v) is 4.88. The zero-order chi connectivity index (χ0) is 22.3. The van der Waals surface area contributed by atoms with Gasteiger partial charge in [0.2, 0.25) is 0 Å². The minimum atomic E-state index is 0.194. The van der Waals surface area contributed by atoms with Crippen LogP contribution in [0.3, 0.4) is 0 Å². The Balaban J connectivity index is 1.23. The number of carbonyl (C=O) groups is 1. The Bertz CT molecular complexity index is 924. The Morgan fingerprint density at radius 1 is 1.09 bits per heavy atom. The van der Waals surface area contributed by atoms with Gasteiger partial charge >= 0.3 is 0 Å². The maximum atomic E-state index is 12.0. The molecule has 4 rings (SSSR count). The van der Waals surface area contributed by atoms with E-state index in [1.54, 1.807) is 7.11 Å². The zero-order valence-corrected chi connectivity index (χ0v) is 20.4. The van der Waals surface area contributed by atoms with Crippen LogP contribution in [-0.2, 0) is 17.6 Å². The Labute approximate surface area is 199 Å². The predicted octanol–water partition coefficient (Wildman–Crippen LogP) is 4.94. The topological polar surface area (TPSA) is 48.0 Å². The van der Waals surface area contributed by atoms with Gasteiger partial charge in [-0.25, -0.2) is 0 Å². The quantitative estimate of drug-likeness (QED) is 0.455. The van der Waals surface area contributed by atoms with Crippen molar-refractivity contribution in [2.45, 2.75) is 32.1 Å². The number of carbonyl (C=O) groups excluding carboxylic acids is 1. The second-order valence-corrected chi connectivity index (χ2v) is 9.55. The molecule has 0 aliphatic carbocycles. The maximum absolute atomic E-state index is 12.0. The van der Waals surface area contributed by atoms with Crippen molar-refractivity contribution in [1.29, 1.82) is 0 Å². The van der Waals surface area contributed by atoms with E-state index in [0.29, 0.717) is 32.2 Å². The molecule has 5 nitrogen and oxygen atoms in total. The molecule has 0 atom stereocenters. The highest BCUT2D eigenvalue weighted by molar-refractivity contribution is 9.10. The number of ether oxygens (including phenoxy) is 3. The van der Waals surface area contributed by atoms with Crippen LogP contribution in [0.1, 0.15) is 40.7 Å². The molecule has 0 amide bonds. The molecule has 2 aromatic rings. The molecule has 1 saturated heterocycles. The third-order valence-corrected chi connectivity index (χ3v) is 7.08. The number of hydrogen-bond acceptors (Lipinski definition) is 5. The Kier molecular flexibility index (Phi) is 8.22. The summed E-state index contributed by atoms with van der Waals surface area (Å²) in [5.41, 5.74) is 3.32. The van der Waals surface area contributed by atoms with Crippen LogP contribution in [0.4, 0.5) is 0 Å². The summed E-state index contributed by atoms with van der Waals surface area (Å²) in [5, 5.41) is 0. The summed E-state index contributed by atoms with van der Waals surface area (Å²) in [4.78, 5) is 14.5. The van der Waals surface area contributed by atoms with E-state index in [1.165, 1.54) is 24.0 Å². The highest BCUT2D eigenvalue weighted by Gasteiger charge is 2.21. The smallest absolute Gasteiger partial charge is 0.169 e. The number of piperidine rings is 1. The summed E-state index contributed by atoms with van der Waals surface area (Å²) in [6.07, 6.45) is 5.02. The van der Waals surface area contributed by atoms with Gasteiger partial charge < -0.3 is 19.1 Å². The molecule has 172 valence electrons. The Hall–Kier alpha value is -1.89. The molecule has 2 heterocycles. The first-order chi connectivity index (χ1) is 15.6. The summed E-state index contributed by atoms with van der Waals surface area (Å²) in [5.74, 6) is 2.56. The molecule has 0 spiro atoms. The molecule has 6 heteroatoms. The van der Waals surface area contributed by atoms with Gasteiger partial charge in [-0.15, -0.1) is 0 Å². The van der Waals surface area contributed by atoms with Gasteiger partial charge in [0.05, 0.1) is 23.2 Å². The van der Waals surface area contributed by atoms with E-state index in [2.05, 4.69) is 51.2 Å². The molecule has 32 heavy (non-hydrogen) atoms. The number of rotatable bonds is 9. The molecule has 0 bridgehead atoms. The van der Waals surface area contributed by atoms with Gasteiger partial charge in [0.25, 0.3) is 0 Å². The largest absolute Gasteiger partial charge is 0.492 e. The number of likely N-dealkylation sites (tertiary alicyclic amines) is 1. The molecule has 0 aromatic heterocycles. The minimum absolute atomic E-state index is 0.194. The van der Waals surface area contributed by atoms with Gasteiger partial charge in [0, 0.05) is 20.1 Å². The first kappa shape index (κ1) is 23.3. The van der Waals surface area contributed by atoms with Crippen molar-refractivity contribution in [3.63, 3.8) is 0 Å². The van der Waals surface area contributed by atoms with E-state index < -0.39 is 0 Å². The number of ketones is 1. The molecule has 2 aliphatic rings. The summed E-state index contributed by atoms with van der Waals surface area (Å²) in [6.45, 7) is 4.98. The lowest BCUT2D eigenvalue weighted by molar-refractivity contribution is 0.0933. The SMILES string of the molecule is COCCOc1cc(CC2CCN(CCc3ccc4c(c3)OCCC4=O)CC2)ccc1Br. The highest BCUT2D eigenvalue weighted by atomic mass is 79.9. The van der Waals surface area contributed by atoms with Gasteiger partial charge in [0.15, 0.2) is 5.78 Å². The Morgan fingerprint density at radius 3 is 2.72 bits per heavy atom. The van der Waals surface area contributed by atoms with Crippen LogP contribution >= 0.6 is 15.9 Å². The maximum Gasteiger partial charge on any atom is 0.169 e. The van der Waals surface area contributed by atoms with Crippen molar-refractivity contribution < 1.29 is 19.0 Å². The normalized spacial score (nSPS) is 17.1. The summed E-state index contributed by atoms with van der Waals surface area (Å²) in [7, 11) is 1.69. The molecule has 2 aliphatic heterocycles. The van der Waals surface area contributed by atoms with Crippen LogP contribution in [-0.4, -0.2) is 57.2 Å². The number of hydrogen-bond donors (Lipinski definition) is 0. The molecule has 0 N–H and O–H groups in total. The summed E-state index contributed by atoms with van der Waals surface area (Å²) < 4.78 is 17.6. The number of benzene rings is 2. The molecule has 0 saturated carbocycles. The summed E-state index contributed by atoms with van der Waals surface area (Å²) in [6, 6.07) is 12.5. The fourth-order valence-electron chi connectivity index (χ4n) is 4.52. The van der Waals surface area contributed by atoms with Crippen LogP contribution in [0, 0.1) is 5.92 Å². The number of methoxy groups -OCH3 is 1. The van der Waals surface area contributed by atoms with E-state index in [-0.39, 0.29) is 5.78 Å². The van der Waals surface area contributed by atoms with Gasteiger partial charge in [-0.05, 0) is 96.0 Å². The van der Waals surface area contributed by atoms with E-state index in [9.17, 15) is 4.79 Å². The minimum Gasteiger partial charge on any atom is -0.492 e. The zero-order valence-electron chi connectivity index (χ0n) is 18.8. The van der Waals surface area contributed by atoms with Gasteiger partial charge in [0.1, 0.15) is 18.1 Å². The fraction of sp³-hybridized carbons (Fsp3) is 0.500. The lowest BCUT2D eigenvalue weighted by Crippen LogP contribution is -2.35. The van der Waals surface area contributed by atoms with Gasteiger partial charge in [-0.1, -0.05) is 12.1 Å². The van der Waals surface area contributed by atoms with Crippen LogP contribution in [0.2, 0.25) is 0 Å². The third-order valence-electron chi connectivity index (χ3n) is 6.42. The van der Waals surface area contributed by atoms with E-state index >= 15 is 0 Å². The molecule has 0 radical (unpaired) electrons. The lowest BCUT2D eigenvalue weighted by atomic mass is 9.90. The van der Waals surface area contributed by atoms with Crippen LogP contribution in [0.15, 0.2) is 40.9 Å². The average Bonchev–Trinajstić information content (AvgIpc) is 2.81. The number of nitrogens with zero attached hydrogens (tertiary/aromatic N) is 1. The third kappa shape index (κ3) is 6.12. The van der Waals surface area contributed by atoms with Gasteiger partial charge in [-0.2, -0.15) is 0 Å². The van der Waals surface area contributed by atoms with Crippen LogP contribution in [0.25, 0.3) is 0 Å². The number of fused-ring (bicyclic) bond motifs is 1. The second kappa shape index (κ2) is 11.3. The van der Waals surface area contributed by atoms with Crippen molar-refractivity contribution in [2.24, 2.45) is 5.92 Å². The average molecular weight is 502 g/mol. The number of halogens is 1. The van der Waals surface area contributed by atoms with Crippen molar-refractivity contribution in [2.75, 3.05) is 46.6 Å². The molecule has 1 fully saturated rings. The van der Waals surface area contributed by atoms with Crippen molar-refractivity contribution in [3.8, 4) is 11.5 Å². The first-order valence-corrected chi connectivity index (χ1v) is 12.3. The molecule has 2 aromatic carbocycles. The lowest BCUT2D eigenvalue weighted by Gasteiger charge is -2.32. The standard InChI is InChI=1S/C26H32BrNO4/c1-30-14-15-32-26-18-21(3-5-23(26)27)16-20-7-11-28(12-8-20)10-6-19-2-4-22-24(29)9-13-31-25(22)17-19/h2-5,17-18,20H,6-16H2,1H3. The van der Waals surface area contributed by atoms with Gasteiger partial charge in [-0.3, -0.25) is 4.79 Å². The monoisotopic (exact) mass is 501 g/mol. The Morgan fingerprint density at radius 2 is 1.91 bits per heavy atom. The molecule has 0 unspecified atom stereocenters. The number of Topliss-reactive ketones (excluding diaryl/α,β-unsaturated/α-hetero) is 1. The predicted molar refractivity (Wildman–Crippen MR) is 129 cm³/mol. The van der Waals surface area contributed by atoms with Crippen molar-refractivity contribution in [1.82, 2.24) is 4.90 Å². The molecular formula is C26H32BrNO4.